The number of amides is 1. The molecule has 3 aromatic rings. The highest BCUT2D eigenvalue weighted by molar-refractivity contribution is 6.30. The number of hydrogen-bond donors (Lipinski definition) is 1. The first-order valence-corrected chi connectivity index (χ1v) is 9.49. The third kappa shape index (κ3) is 5.66. The molecule has 0 radical (unpaired) electrons. The number of aryl methyl sites for hydroxylation is 2. The number of halogens is 1. The number of nitrogens with one attached hydrogen (secondary N) is 1. The number of benzene rings is 2. The average Bonchev–Trinajstić information content (AvgIpc) is 3.15. The zero-order chi connectivity index (χ0) is 19.1. The number of unbranched alkanes of at least 4 members (excludes halogenated alkanes) is 1. The van der Waals surface area contributed by atoms with Crippen molar-refractivity contribution in [3.63, 3.8) is 0 Å². The van der Waals surface area contributed by atoms with Crippen molar-refractivity contribution >= 4 is 23.2 Å². The summed E-state index contributed by atoms with van der Waals surface area (Å²) in [6.45, 7) is 2.18. The second-order valence-electron chi connectivity index (χ2n) is 6.37. The summed E-state index contributed by atoms with van der Waals surface area (Å²) in [5, 5.41) is 7.50. The molecule has 0 saturated carbocycles. The standard InChI is InChI=1S/C21H22ClN3O2/c1-2-3-4-15-5-11-18(12-6-15)23-19(26)13-14-20-24-21(25-27-20)16-7-9-17(22)10-8-16/h5-12H,2-4,13-14H2,1H3,(H,23,26). The minimum atomic E-state index is -0.0810. The van der Waals surface area contributed by atoms with Crippen LogP contribution in [-0.4, -0.2) is 16.0 Å². The van der Waals surface area contributed by atoms with Crippen LogP contribution in [-0.2, 0) is 17.6 Å². The van der Waals surface area contributed by atoms with Gasteiger partial charge in [0.2, 0.25) is 17.6 Å². The van der Waals surface area contributed by atoms with Crippen LogP contribution in [0.5, 0.6) is 0 Å². The van der Waals surface area contributed by atoms with Crippen LogP contribution in [0.3, 0.4) is 0 Å². The van der Waals surface area contributed by atoms with Gasteiger partial charge in [0.15, 0.2) is 0 Å². The lowest BCUT2D eigenvalue weighted by Gasteiger charge is -2.06. The summed E-state index contributed by atoms with van der Waals surface area (Å²) < 4.78 is 5.23. The van der Waals surface area contributed by atoms with Gasteiger partial charge in [-0.3, -0.25) is 4.79 Å². The summed E-state index contributed by atoms with van der Waals surface area (Å²) in [7, 11) is 0. The fraction of sp³-hybridized carbons (Fsp3) is 0.286. The zero-order valence-electron chi connectivity index (χ0n) is 15.2. The molecule has 140 valence electrons. The van der Waals surface area contributed by atoms with Crippen LogP contribution in [0.2, 0.25) is 5.02 Å². The van der Waals surface area contributed by atoms with Crippen molar-refractivity contribution in [1.82, 2.24) is 10.1 Å². The summed E-state index contributed by atoms with van der Waals surface area (Å²) in [4.78, 5) is 16.5. The highest BCUT2D eigenvalue weighted by Crippen LogP contribution is 2.19. The quantitative estimate of drug-likeness (QED) is 0.572. The Kier molecular flexibility index (Phi) is 6.60. The topological polar surface area (TPSA) is 68.0 Å². The average molecular weight is 384 g/mol. The molecule has 1 aromatic heterocycles. The molecule has 27 heavy (non-hydrogen) atoms. The zero-order valence-corrected chi connectivity index (χ0v) is 16.0. The number of nitrogens with zero attached hydrogens (tertiary/aromatic N) is 2. The van der Waals surface area contributed by atoms with Crippen LogP contribution in [0.25, 0.3) is 11.4 Å². The highest BCUT2D eigenvalue weighted by Gasteiger charge is 2.11. The number of carbonyl (C=O) groups excluding carboxylic acids is 1. The molecular weight excluding hydrogens is 362 g/mol. The predicted molar refractivity (Wildman–Crippen MR) is 107 cm³/mol. The van der Waals surface area contributed by atoms with E-state index in [0.717, 1.165) is 17.7 Å². The van der Waals surface area contributed by atoms with E-state index >= 15 is 0 Å². The smallest absolute Gasteiger partial charge is 0.227 e. The Hall–Kier alpha value is -2.66. The molecule has 0 saturated heterocycles. The molecule has 0 atom stereocenters. The fourth-order valence-corrected chi connectivity index (χ4v) is 2.78. The Morgan fingerprint density at radius 3 is 2.52 bits per heavy atom. The lowest BCUT2D eigenvalue weighted by molar-refractivity contribution is -0.116. The van der Waals surface area contributed by atoms with Crippen molar-refractivity contribution in [3.8, 4) is 11.4 Å². The molecule has 0 unspecified atom stereocenters. The van der Waals surface area contributed by atoms with Gasteiger partial charge >= 0.3 is 0 Å². The maximum atomic E-state index is 12.1. The molecule has 6 heteroatoms. The molecule has 1 heterocycles. The van der Waals surface area contributed by atoms with E-state index in [4.69, 9.17) is 16.1 Å². The minimum Gasteiger partial charge on any atom is -0.339 e. The van der Waals surface area contributed by atoms with E-state index < -0.39 is 0 Å². The maximum absolute atomic E-state index is 12.1. The largest absolute Gasteiger partial charge is 0.339 e. The van der Waals surface area contributed by atoms with E-state index in [1.165, 1.54) is 18.4 Å². The highest BCUT2D eigenvalue weighted by atomic mass is 35.5. The third-order valence-corrected chi connectivity index (χ3v) is 4.45. The molecule has 0 aliphatic carbocycles. The Morgan fingerprint density at radius 1 is 1.07 bits per heavy atom. The van der Waals surface area contributed by atoms with Crippen LogP contribution in [0, 0.1) is 0 Å². The maximum Gasteiger partial charge on any atom is 0.227 e. The molecule has 1 N–H and O–H groups in total. The van der Waals surface area contributed by atoms with E-state index in [0.29, 0.717) is 23.2 Å². The molecule has 0 aliphatic rings. The lowest BCUT2D eigenvalue weighted by atomic mass is 10.1. The van der Waals surface area contributed by atoms with Gasteiger partial charge in [0.25, 0.3) is 0 Å². The van der Waals surface area contributed by atoms with Gasteiger partial charge in [-0.05, 0) is 54.8 Å². The molecule has 5 nitrogen and oxygen atoms in total. The second kappa shape index (κ2) is 9.33. The molecular formula is C21H22ClN3O2. The summed E-state index contributed by atoms with van der Waals surface area (Å²) >= 11 is 5.88. The monoisotopic (exact) mass is 383 g/mol. The van der Waals surface area contributed by atoms with E-state index in [2.05, 4.69) is 34.5 Å². The second-order valence-corrected chi connectivity index (χ2v) is 6.80. The molecule has 3 rings (SSSR count). The molecule has 0 bridgehead atoms. The third-order valence-electron chi connectivity index (χ3n) is 4.19. The number of aromatic nitrogens is 2. The van der Waals surface area contributed by atoms with Gasteiger partial charge in [-0.25, -0.2) is 0 Å². The first-order chi connectivity index (χ1) is 13.1. The SMILES string of the molecule is CCCCc1ccc(NC(=O)CCc2nc(-c3ccc(Cl)cc3)no2)cc1. The molecule has 0 aliphatic heterocycles. The summed E-state index contributed by atoms with van der Waals surface area (Å²) in [6.07, 6.45) is 4.08. The predicted octanol–water partition coefficient (Wildman–Crippen LogP) is 5.30. The summed E-state index contributed by atoms with van der Waals surface area (Å²) in [5.74, 6) is 0.845. The van der Waals surface area contributed by atoms with Crippen LogP contribution in [0.4, 0.5) is 5.69 Å². The van der Waals surface area contributed by atoms with Gasteiger partial charge in [-0.15, -0.1) is 0 Å². The van der Waals surface area contributed by atoms with Crippen LogP contribution in [0.1, 0.15) is 37.6 Å². The van der Waals surface area contributed by atoms with E-state index in [1.54, 1.807) is 12.1 Å². The molecule has 0 fully saturated rings. The number of hydrogen-bond acceptors (Lipinski definition) is 4. The van der Waals surface area contributed by atoms with Crippen molar-refractivity contribution in [2.24, 2.45) is 0 Å². The van der Waals surface area contributed by atoms with Gasteiger partial charge in [0.1, 0.15) is 0 Å². The number of rotatable bonds is 8. The first kappa shape index (κ1) is 19.1. The van der Waals surface area contributed by atoms with Crippen LogP contribution < -0.4 is 5.32 Å². The number of carbonyl (C=O) groups is 1. The molecule has 0 spiro atoms. The van der Waals surface area contributed by atoms with Crippen LogP contribution >= 0.6 is 11.6 Å². The minimum absolute atomic E-state index is 0.0810. The van der Waals surface area contributed by atoms with Crippen molar-refractivity contribution in [2.75, 3.05) is 5.32 Å². The number of anilines is 1. The van der Waals surface area contributed by atoms with Crippen LogP contribution in [0.15, 0.2) is 53.1 Å². The normalized spacial score (nSPS) is 10.7. The Labute approximate surface area is 163 Å². The Morgan fingerprint density at radius 2 is 1.81 bits per heavy atom. The van der Waals surface area contributed by atoms with E-state index in [1.807, 2.05) is 24.3 Å². The summed E-state index contributed by atoms with van der Waals surface area (Å²) in [5.41, 5.74) is 2.91. The van der Waals surface area contributed by atoms with Crippen molar-refractivity contribution in [2.45, 2.75) is 39.0 Å². The van der Waals surface area contributed by atoms with Crippen molar-refractivity contribution in [3.05, 3.63) is 65.0 Å². The van der Waals surface area contributed by atoms with Gasteiger partial charge in [0, 0.05) is 29.1 Å². The Bertz CT molecular complexity index is 873. The van der Waals surface area contributed by atoms with Gasteiger partial charge in [-0.2, -0.15) is 4.98 Å². The fourth-order valence-electron chi connectivity index (χ4n) is 2.65. The van der Waals surface area contributed by atoms with Crippen molar-refractivity contribution in [1.29, 1.82) is 0 Å². The van der Waals surface area contributed by atoms with Gasteiger partial charge in [0.05, 0.1) is 0 Å². The van der Waals surface area contributed by atoms with Crippen molar-refractivity contribution < 1.29 is 9.32 Å². The Balaban J connectivity index is 1.50. The van der Waals surface area contributed by atoms with E-state index in [-0.39, 0.29) is 12.3 Å². The molecule has 1 amide bonds. The first-order valence-electron chi connectivity index (χ1n) is 9.11. The summed E-state index contributed by atoms with van der Waals surface area (Å²) in [6, 6.07) is 15.2. The lowest BCUT2D eigenvalue weighted by Crippen LogP contribution is -2.12. The molecule has 2 aromatic carbocycles. The van der Waals surface area contributed by atoms with Gasteiger partial charge in [-0.1, -0.05) is 42.2 Å². The van der Waals surface area contributed by atoms with Gasteiger partial charge < -0.3 is 9.84 Å². The van der Waals surface area contributed by atoms with E-state index in [9.17, 15) is 4.79 Å².